The van der Waals surface area contributed by atoms with Crippen LogP contribution in [0, 0.1) is 46.3 Å². The highest BCUT2D eigenvalue weighted by Crippen LogP contribution is 2.67. The van der Waals surface area contributed by atoms with Crippen molar-refractivity contribution in [1.29, 1.82) is 0 Å². The Morgan fingerprint density at radius 3 is 2.48 bits per heavy atom. The van der Waals surface area contributed by atoms with Gasteiger partial charge in [-0.2, -0.15) is 0 Å². The number of ketones is 2. The summed E-state index contributed by atoms with van der Waals surface area (Å²) in [5.41, 5.74) is 1.26. The zero-order valence-electron chi connectivity index (χ0n) is 19.4. The number of carbonyl (C=O) groups excluding carboxylic acids is 2. The number of fused-ring (bicyclic) bond motifs is 5. The third-order valence-electron chi connectivity index (χ3n) is 9.99. The van der Waals surface area contributed by atoms with Crippen molar-refractivity contribution < 1.29 is 9.59 Å². The summed E-state index contributed by atoms with van der Waals surface area (Å²) in [5.74, 6) is 4.76. The van der Waals surface area contributed by atoms with Crippen molar-refractivity contribution in [2.45, 2.75) is 98.8 Å². The summed E-state index contributed by atoms with van der Waals surface area (Å²) in [4.78, 5) is 25.1. The molecule has 4 aliphatic rings. The second-order valence-electron chi connectivity index (χ2n) is 12.0. The largest absolute Gasteiger partial charge is 0.295 e. The van der Waals surface area contributed by atoms with Crippen molar-refractivity contribution in [2.75, 3.05) is 0 Å². The lowest BCUT2D eigenvalue weighted by Gasteiger charge is -2.57. The molecule has 3 fully saturated rings. The lowest BCUT2D eigenvalue weighted by Crippen LogP contribution is -2.53. The molecule has 0 unspecified atom stereocenters. The van der Waals surface area contributed by atoms with Crippen LogP contribution in [0.2, 0.25) is 0 Å². The van der Waals surface area contributed by atoms with E-state index in [4.69, 9.17) is 0 Å². The summed E-state index contributed by atoms with van der Waals surface area (Å²) in [6.45, 7) is 12.1. The molecule has 4 rings (SSSR count). The van der Waals surface area contributed by atoms with Crippen molar-refractivity contribution in [3.8, 4) is 0 Å². The van der Waals surface area contributed by atoms with Crippen LogP contribution < -0.4 is 0 Å². The second-order valence-corrected chi connectivity index (χ2v) is 12.0. The average Bonchev–Trinajstić information content (AvgIpc) is 3.00. The van der Waals surface area contributed by atoms with Crippen LogP contribution in [0.3, 0.4) is 0 Å². The number of allylic oxidation sites excluding steroid dienone is 1. The molecule has 7 atom stereocenters. The zero-order valence-corrected chi connectivity index (χ0v) is 19.4. The number of Topliss-reactive ketones (excluding diaryl/α,β-unsaturated/α-hetero) is 1. The summed E-state index contributed by atoms with van der Waals surface area (Å²) in [5, 5.41) is 0. The van der Waals surface area contributed by atoms with Gasteiger partial charge < -0.3 is 0 Å². The molecule has 0 heterocycles. The Kier molecular flexibility index (Phi) is 5.62. The van der Waals surface area contributed by atoms with Crippen LogP contribution in [0.15, 0.2) is 11.6 Å². The van der Waals surface area contributed by atoms with Gasteiger partial charge in [0.2, 0.25) is 0 Å². The van der Waals surface area contributed by atoms with Crippen LogP contribution in [0.25, 0.3) is 0 Å². The monoisotopic (exact) mass is 398 g/mol. The molecule has 2 nitrogen and oxygen atoms in total. The SMILES string of the molecule is CC(C)CCC[C@H](C)[C@@H]1CC[C@@H]2[C@H]3CC(=O)C4=CC(=O)CC[C@]4(C)[C@@H]3CC[C@]21C. The van der Waals surface area contributed by atoms with Gasteiger partial charge in [-0.1, -0.05) is 53.9 Å². The van der Waals surface area contributed by atoms with Crippen LogP contribution >= 0.6 is 0 Å². The zero-order chi connectivity index (χ0) is 21.0. The molecule has 162 valence electrons. The molecule has 0 spiro atoms. The van der Waals surface area contributed by atoms with Crippen LogP contribution in [0.5, 0.6) is 0 Å². The minimum Gasteiger partial charge on any atom is -0.295 e. The Labute approximate surface area is 178 Å². The smallest absolute Gasteiger partial charge is 0.159 e. The van der Waals surface area contributed by atoms with Crippen LogP contribution in [0.4, 0.5) is 0 Å². The maximum atomic E-state index is 13.1. The number of hydrogen-bond acceptors (Lipinski definition) is 2. The van der Waals surface area contributed by atoms with E-state index in [2.05, 4.69) is 34.6 Å². The highest BCUT2D eigenvalue weighted by Gasteiger charge is 2.60. The first-order chi connectivity index (χ1) is 13.7. The van der Waals surface area contributed by atoms with E-state index in [0.717, 1.165) is 29.7 Å². The molecule has 3 saturated carbocycles. The molecule has 0 aromatic rings. The number of carbonyl (C=O) groups is 2. The van der Waals surface area contributed by atoms with E-state index in [1.54, 1.807) is 6.08 Å². The van der Waals surface area contributed by atoms with Crippen molar-refractivity contribution in [3.05, 3.63) is 11.6 Å². The van der Waals surface area contributed by atoms with Crippen molar-refractivity contribution >= 4 is 11.6 Å². The van der Waals surface area contributed by atoms with Gasteiger partial charge in [0.15, 0.2) is 11.6 Å². The van der Waals surface area contributed by atoms with Crippen molar-refractivity contribution in [1.82, 2.24) is 0 Å². The topological polar surface area (TPSA) is 34.1 Å². The van der Waals surface area contributed by atoms with E-state index < -0.39 is 0 Å². The summed E-state index contributed by atoms with van der Waals surface area (Å²) in [6, 6.07) is 0. The molecule has 0 aliphatic heterocycles. The summed E-state index contributed by atoms with van der Waals surface area (Å²) >= 11 is 0. The Hall–Kier alpha value is -0.920. The molecule has 0 bridgehead atoms. The summed E-state index contributed by atoms with van der Waals surface area (Å²) < 4.78 is 0. The van der Waals surface area contributed by atoms with Gasteiger partial charge in [-0.15, -0.1) is 0 Å². The van der Waals surface area contributed by atoms with Gasteiger partial charge in [0.25, 0.3) is 0 Å². The number of hydrogen-bond donors (Lipinski definition) is 0. The predicted molar refractivity (Wildman–Crippen MR) is 118 cm³/mol. The van der Waals surface area contributed by atoms with Gasteiger partial charge in [0.05, 0.1) is 0 Å². The molecule has 0 radical (unpaired) electrons. The normalized spacial score (nSPS) is 42.9. The summed E-state index contributed by atoms with van der Waals surface area (Å²) in [7, 11) is 0. The van der Waals surface area contributed by atoms with Crippen molar-refractivity contribution in [3.63, 3.8) is 0 Å². The maximum Gasteiger partial charge on any atom is 0.159 e. The third kappa shape index (κ3) is 3.47. The van der Waals surface area contributed by atoms with E-state index in [0.29, 0.717) is 41.8 Å². The van der Waals surface area contributed by atoms with E-state index in [1.165, 1.54) is 44.9 Å². The standard InChI is InChI=1S/C27H42O2/c1-17(2)7-6-8-18(3)21-9-10-22-20-16-25(29)24-15-19(28)11-13-27(24,5)23(20)12-14-26(21,22)4/h15,17-18,20-23H,6-14,16H2,1-5H3/t18-,20+,21-,22+,23+,26-,27+/m0/s1. The fourth-order valence-corrected chi connectivity index (χ4v) is 8.41. The van der Waals surface area contributed by atoms with Crippen LogP contribution in [-0.2, 0) is 9.59 Å². The third-order valence-corrected chi connectivity index (χ3v) is 9.99. The van der Waals surface area contributed by atoms with Gasteiger partial charge in [0, 0.05) is 18.4 Å². The molecule has 0 N–H and O–H groups in total. The Balaban J connectivity index is 1.54. The molecule has 0 amide bonds. The fraction of sp³-hybridized carbons (Fsp3) is 0.852. The first-order valence-electron chi connectivity index (χ1n) is 12.4. The lowest BCUT2D eigenvalue weighted by molar-refractivity contribution is -0.131. The average molecular weight is 399 g/mol. The quantitative estimate of drug-likeness (QED) is 0.512. The molecule has 0 aromatic carbocycles. The van der Waals surface area contributed by atoms with Gasteiger partial charge in [-0.25, -0.2) is 0 Å². The maximum absolute atomic E-state index is 13.1. The Morgan fingerprint density at radius 2 is 1.76 bits per heavy atom. The van der Waals surface area contributed by atoms with Crippen molar-refractivity contribution in [2.24, 2.45) is 46.3 Å². The Bertz CT molecular complexity index is 703. The van der Waals surface area contributed by atoms with Crippen LogP contribution in [-0.4, -0.2) is 11.6 Å². The molecule has 29 heavy (non-hydrogen) atoms. The second kappa shape index (κ2) is 7.65. The first-order valence-corrected chi connectivity index (χ1v) is 12.4. The van der Waals surface area contributed by atoms with E-state index >= 15 is 0 Å². The highest BCUT2D eigenvalue weighted by molar-refractivity contribution is 6.05. The first kappa shape index (κ1) is 21.3. The molecule has 0 saturated heterocycles. The van der Waals surface area contributed by atoms with Gasteiger partial charge in [-0.05, 0) is 84.5 Å². The molecular weight excluding hydrogens is 356 g/mol. The molecule has 2 heteroatoms. The van der Waals surface area contributed by atoms with Gasteiger partial charge >= 0.3 is 0 Å². The Morgan fingerprint density at radius 1 is 1.00 bits per heavy atom. The van der Waals surface area contributed by atoms with E-state index in [1.807, 2.05) is 0 Å². The van der Waals surface area contributed by atoms with Gasteiger partial charge in [0.1, 0.15) is 0 Å². The van der Waals surface area contributed by atoms with Gasteiger partial charge in [-0.3, -0.25) is 9.59 Å². The van der Waals surface area contributed by atoms with E-state index in [9.17, 15) is 9.59 Å². The van der Waals surface area contributed by atoms with Crippen LogP contribution in [0.1, 0.15) is 98.8 Å². The fourth-order valence-electron chi connectivity index (χ4n) is 8.41. The van der Waals surface area contributed by atoms with E-state index in [-0.39, 0.29) is 11.2 Å². The summed E-state index contributed by atoms with van der Waals surface area (Å²) in [6.07, 6.45) is 13.3. The predicted octanol–water partition coefficient (Wildman–Crippen LogP) is 6.78. The lowest BCUT2D eigenvalue weighted by atomic mass is 9.46. The molecule has 0 aromatic heterocycles. The molecular formula is C27H42O2. The minimum atomic E-state index is -0.0454. The number of rotatable bonds is 5. The molecule has 4 aliphatic carbocycles. The highest BCUT2D eigenvalue weighted by atomic mass is 16.1. The minimum absolute atomic E-state index is 0.0454.